The minimum absolute atomic E-state index is 0.0570. The predicted molar refractivity (Wildman–Crippen MR) is 82.2 cm³/mol. The van der Waals surface area contributed by atoms with Crippen molar-refractivity contribution in [2.45, 2.75) is 20.0 Å². The van der Waals surface area contributed by atoms with Crippen molar-refractivity contribution in [2.75, 3.05) is 24.4 Å². The molecule has 0 atom stereocenters. The minimum Gasteiger partial charge on any atom is -0.381 e. The number of methoxy groups -OCH3 is 1. The third-order valence-electron chi connectivity index (χ3n) is 2.95. The smallest absolute Gasteiger partial charge is 0.250 e. The van der Waals surface area contributed by atoms with Gasteiger partial charge >= 0.3 is 0 Å². The van der Waals surface area contributed by atoms with Crippen LogP contribution in [0.15, 0.2) is 36.7 Å². The highest BCUT2D eigenvalue weighted by molar-refractivity contribution is 5.91. The molecule has 0 radical (unpaired) electrons. The van der Waals surface area contributed by atoms with Gasteiger partial charge in [0.15, 0.2) is 0 Å². The van der Waals surface area contributed by atoms with Crippen LogP contribution >= 0.6 is 0 Å². The molecule has 21 heavy (non-hydrogen) atoms. The zero-order chi connectivity index (χ0) is 15.1. The Bertz CT molecular complexity index is 578. The summed E-state index contributed by atoms with van der Waals surface area (Å²) in [7, 11) is 1.49. The standard InChI is InChI=1S/C15H20N4O2/c1-3-19-10-12(9-17-19)8-16-13-4-6-14(7-5-13)18-15(20)11-21-2/h4-7,9-10,16H,3,8,11H2,1-2H3,(H,18,20). The molecule has 1 aromatic carbocycles. The lowest BCUT2D eigenvalue weighted by Gasteiger charge is -2.07. The summed E-state index contributed by atoms with van der Waals surface area (Å²) in [6, 6.07) is 7.55. The van der Waals surface area contributed by atoms with Crippen LogP contribution in [0.3, 0.4) is 0 Å². The van der Waals surface area contributed by atoms with E-state index in [1.54, 1.807) is 0 Å². The molecule has 0 aliphatic rings. The molecule has 0 unspecified atom stereocenters. The van der Waals surface area contributed by atoms with Crippen molar-refractivity contribution in [1.29, 1.82) is 0 Å². The number of aromatic nitrogens is 2. The second kappa shape index (κ2) is 7.44. The third-order valence-corrected chi connectivity index (χ3v) is 2.95. The summed E-state index contributed by atoms with van der Waals surface area (Å²) in [6.07, 6.45) is 3.88. The van der Waals surface area contributed by atoms with Crippen LogP contribution in [0.1, 0.15) is 12.5 Å². The number of anilines is 2. The van der Waals surface area contributed by atoms with Crippen LogP contribution in [-0.2, 0) is 22.6 Å². The summed E-state index contributed by atoms with van der Waals surface area (Å²) in [6.45, 7) is 3.70. The van der Waals surface area contributed by atoms with E-state index in [0.717, 1.165) is 30.0 Å². The molecule has 0 aliphatic heterocycles. The van der Waals surface area contributed by atoms with Gasteiger partial charge in [-0.1, -0.05) is 0 Å². The van der Waals surface area contributed by atoms with Gasteiger partial charge in [0.05, 0.1) is 6.20 Å². The zero-order valence-corrected chi connectivity index (χ0v) is 12.3. The first-order valence-electron chi connectivity index (χ1n) is 6.85. The van der Waals surface area contributed by atoms with E-state index < -0.39 is 0 Å². The van der Waals surface area contributed by atoms with Crippen LogP contribution in [0.4, 0.5) is 11.4 Å². The number of rotatable bonds is 7. The van der Waals surface area contributed by atoms with Gasteiger partial charge in [-0.05, 0) is 31.2 Å². The number of hydrogen-bond donors (Lipinski definition) is 2. The average Bonchev–Trinajstić information content (AvgIpc) is 2.95. The number of carbonyl (C=O) groups is 1. The Hall–Kier alpha value is -2.34. The maximum absolute atomic E-state index is 11.4. The van der Waals surface area contributed by atoms with Gasteiger partial charge in [0, 0.05) is 43.3 Å². The molecule has 0 saturated carbocycles. The van der Waals surface area contributed by atoms with E-state index in [-0.39, 0.29) is 12.5 Å². The Kier molecular flexibility index (Phi) is 5.34. The first kappa shape index (κ1) is 15.1. The Labute approximate surface area is 124 Å². The van der Waals surface area contributed by atoms with E-state index in [1.165, 1.54) is 7.11 Å². The van der Waals surface area contributed by atoms with Crippen molar-refractivity contribution in [2.24, 2.45) is 0 Å². The summed E-state index contributed by atoms with van der Waals surface area (Å²) in [5.74, 6) is -0.162. The number of nitrogens with one attached hydrogen (secondary N) is 2. The van der Waals surface area contributed by atoms with Crippen LogP contribution in [-0.4, -0.2) is 29.4 Å². The van der Waals surface area contributed by atoms with Gasteiger partial charge in [0.1, 0.15) is 6.61 Å². The van der Waals surface area contributed by atoms with Gasteiger partial charge in [0.2, 0.25) is 5.91 Å². The molecule has 6 nitrogen and oxygen atoms in total. The third kappa shape index (κ3) is 4.61. The van der Waals surface area contributed by atoms with Crippen LogP contribution in [0.25, 0.3) is 0 Å². The highest BCUT2D eigenvalue weighted by Crippen LogP contribution is 2.14. The predicted octanol–water partition coefficient (Wildman–Crippen LogP) is 2.10. The van der Waals surface area contributed by atoms with Gasteiger partial charge in [-0.3, -0.25) is 9.48 Å². The molecule has 6 heteroatoms. The average molecular weight is 288 g/mol. The SMILES string of the molecule is CCn1cc(CNc2ccc(NC(=O)COC)cc2)cn1. The van der Waals surface area contributed by atoms with Crippen LogP contribution in [0, 0.1) is 0 Å². The van der Waals surface area contributed by atoms with E-state index in [0.29, 0.717) is 0 Å². The minimum atomic E-state index is -0.162. The molecule has 2 rings (SSSR count). The van der Waals surface area contributed by atoms with E-state index in [2.05, 4.69) is 22.7 Å². The Morgan fingerprint density at radius 2 is 2.00 bits per heavy atom. The highest BCUT2D eigenvalue weighted by atomic mass is 16.5. The van der Waals surface area contributed by atoms with Gasteiger partial charge in [0.25, 0.3) is 0 Å². The van der Waals surface area contributed by atoms with E-state index in [9.17, 15) is 4.79 Å². The maximum atomic E-state index is 11.4. The van der Waals surface area contributed by atoms with Crippen molar-refractivity contribution in [3.05, 3.63) is 42.2 Å². The molecular formula is C15H20N4O2. The summed E-state index contributed by atoms with van der Waals surface area (Å²) in [5.41, 5.74) is 2.87. The monoisotopic (exact) mass is 288 g/mol. The number of benzene rings is 1. The molecule has 0 bridgehead atoms. The summed E-state index contributed by atoms with van der Waals surface area (Å²) in [4.78, 5) is 11.4. The van der Waals surface area contributed by atoms with Crippen molar-refractivity contribution < 1.29 is 9.53 Å². The van der Waals surface area contributed by atoms with E-state index >= 15 is 0 Å². The summed E-state index contributed by atoms with van der Waals surface area (Å²) < 4.78 is 6.66. The molecule has 2 N–H and O–H groups in total. The molecular weight excluding hydrogens is 268 g/mol. The molecule has 1 aromatic heterocycles. The number of ether oxygens (including phenoxy) is 1. The fourth-order valence-electron chi connectivity index (χ4n) is 1.87. The molecule has 0 saturated heterocycles. The maximum Gasteiger partial charge on any atom is 0.250 e. The normalized spacial score (nSPS) is 10.4. The molecule has 0 aliphatic carbocycles. The second-order valence-electron chi connectivity index (χ2n) is 4.62. The first-order chi connectivity index (χ1) is 10.2. The van der Waals surface area contributed by atoms with Crippen molar-refractivity contribution in [3.63, 3.8) is 0 Å². The number of aryl methyl sites for hydroxylation is 1. The Balaban J connectivity index is 1.85. The van der Waals surface area contributed by atoms with Gasteiger partial charge in [-0.25, -0.2) is 0 Å². The fourth-order valence-corrected chi connectivity index (χ4v) is 1.87. The lowest BCUT2D eigenvalue weighted by atomic mass is 10.2. The molecule has 0 fully saturated rings. The lowest BCUT2D eigenvalue weighted by molar-refractivity contribution is -0.119. The van der Waals surface area contributed by atoms with Crippen LogP contribution in [0.5, 0.6) is 0 Å². The van der Waals surface area contributed by atoms with Crippen LogP contribution in [0.2, 0.25) is 0 Å². The fraction of sp³-hybridized carbons (Fsp3) is 0.333. The van der Waals surface area contributed by atoms with E-state index in [4.69, 9.17) is 4.74 Å². The number of nitrogens with zero attached hydrogens (tertiary/aromatic N) is 2. The molecule has 0 spiro atoms. The lowest BCUT2D eigenvalue weighted by Crippen LogP contribution is -2.16. The van der Waals surface area contributed by atoms with Crippen molar-refractivity contribution >= 4 is 17.3 Å². The van der Waals surface area contributed by atoms with Crippen molar-refractivity contribution in [1.82, 2.24) is 9.78 Å². The number of carbonyl (C=O) groups excluding carboxylic acids is 1. The first-order valence-corrected chi connectivity index (χ1v) is 6.85. The van der Waals surface area contributed by atoms with Gasteiger partial charge in [-0.15, -0.1) is 0 Å². The highest BCUT2D eigenvalue weighted by Gasteiger charge is 2.01. The second-order valence-corrected chi connectivity index (χ2v) is 4.62. The Morgan fingerprint density at radius 1 is 1.29 bits per heavy atom. The quantitative estimate of drug-likeness (QED) is 0.818. The topological polar surface area (TPSA) is 68.2 Å². The van der Waals surface area contributed by atoms with Crippen LogP contribution < -0.4 is 10.6 Å². The number of amides is 1. The largest absolute Gasteiger partial charge is 0.381 e. The molecule has 112 valence electrons. The Morgan fingerprint density at radius 3 is 2.62 bits per heavy atom. The summed E-state index contributed by atoms with van der Waals surface area (Å²) >= 11 is 0. The van der Waals surface area contributed by atoms with Crippen molar-refractivity contribution in [3.8, 4) is 0 Å². The number of hydrogen-bond acceptors (Lipinski definition) is 4. The van der Waals surface area contributed by atoms with Gasteiger partial charge in [-0.2, -0.15) is 5.10 Å². The zero-order valence-electron chi connectivity index (χ0n) is 12.3. The van der Waals surface area contributed by atoms with Gasteiger partial charge < -0.3 is 15.4 Å². The molecule has 1 amide bonds. The summed E-state index contributed by atoms with van der Waals surface area (Å²) in [5, 5.41) is 10.3. The molecule has 1 heterocycles. The molecule has 2 aromatic rings. The van der Waals surface area contributed by atoms with E-state index in [1.807, 2.05) is 41.3 Å².